The van der Waals surface area contributed by atoms with Crippen molar-refractivity contribution in [3.8, 4) is 0 Å². The van der Waals surface area contributed by atoms with Crippen LogP contribution in [0.4, 0.5) is 5.69 Å². The van der Waals surface area contributed by atoms with Gasteiger partial charge in [0, 0.05) is 18.3 Å². The van der Waals surface area contributed by atoms with Crippen LogP contribution in [0.2, 0.25) is 0 Å². The monoisotopic (exact) mass is 295 g/mol. The van der Waals surface area contributed by atoms with E-state index in [0.717, 1.165) is 17.7 Å². The molecule has 0 radical (unpaired) electrons. The molecule has 1 heterocycles. The minimum atomic E-state index is -0.143. The largest absolute Gasteiger partial charge is 0.315 e. The van der Waals surface area contributed by atoms with E-state index in [4.69, 9.17) is 0 Å². The maximum atomic E-state index is 12.0. The average Bonchev–Trinajstić information content (AvgIpc) is 2.62. The molecule has 1 aliphatic heterocycles. The highest BCUT2D eigenvalue weighted by Crippen LogP contribution is 2.29. The first-order valence-electron chi connectivity index (χ1n) is 5.62. The van der Waals surface area contributed by atoms with Crippen molar-refractivity contribution in [1.29, 1.82) is 0 Å². The summed E-state index contributed by atoms with van der Waals surface area (Å²) in [4.78, 5) is 25.0. The fourth-order valence-electron chi connectivity index (χ4n) is 1.99. The molecule has 2 rings (SSSR count). The van der Waals surface area contributed by atoms with Crippen molar-refractivity contribution in [3.05, 3.63) is 29.3 Å². The van der Waals surface area contributed by atoms with Crippen LogP contribution >= 0.6 is 15.9 Å². The summed E-state index contributed by atoms with van der Waals surface area (Å²) < 4.78 is 0. The van der Waals surface area contributed by atoms with E-state index in [-0.39, 0.29) is 16.5 Å². The summed E-state index contributed by atoms with van der Waals surface area (Å²) in [6.07, 6.45) is 1.15. The van der Waals surface area contributed by atoms with E-state index < -0.39 is 0 Å². The summed E-state index contributed by atoms with van der Waals surface area (Å²) in [5, 5.41) is 0. The molecule has 4 heteroatoms. The van der Waals surface area contributed by atoms with Crippen LogP contribution in [-0.2, 0) is 11.2 Å². The molecule has 1 aliphatic rings. The summed E-state index contributed by atoms with van der Waals surface area (Å²) >= 11 is 3.36. The van der Waals surface area contributed by atoms with Crippen molar-refractivity contribution in [2.45, 2.75) is 24.6 Å². The van der Waals surface area contributed by atoms with Crippen molar-refractivity contribution >= 4 is 33.3 Å². The Morgan fingerprint density at radius 2 is 2.24 bits per heavy atom. The average molecular weight is 296 g/mol. The van der Waals surface area contributed by atoms with E-state index in [2.05, 4.69) is 15.9 Å². The lowest BCUT2D eigenvalue weighted by atomic mass is 10.0. The second-order valence-corrected chi connectivity index (χ2v) is 5.32. The summed E-state index contributed by atoms with van der Waals surface area (Å²) in [7, 11) is 1.76. The predicted octanol–water partition coefficient (Wildman–Crippen LogP) is 2.56. The lowest BCUT2D eigenvalue weighted by molar-refractivity contribution is -0.117. The number of hydrogen-bond donors (Lipinski definition) is 0. The minimum absolute atomic E-state index is 0.0792. The Morgan fingerprint density at radius 3 is 2.88 bits per heavy atom. The van der Waals surface area contributed by atoms with Gasteiger partial charge >= 0.3 is 0 Å². The van der Waals surface area contributed by atoms with Gasteiger partial charge in [-0.1, -0.05) is 22.9 Å². The zero-order chi connectivity index (χ0) is 12.6. The van der Waals surface area contributed by atoms with Crippen molar-refractivity contribution in [2.24, 2.45) is 0 Å². The molecular formula is C13H14BrNO2. The van der Waals surface area contributed by atoms with Crippen LogP contribution in [-0.4, -0.2) is 23.6 Å². The molecule has 17 heavy (non-hydrogen) atoms. The molecule has 0 aromatic heterocycles. The SMILES string of the molecule is CCC(Br)C(=O)c1ccc2c(c1)CC(=O)N2C. The van der Waals surface area contributed by atoms with Crippen LogP contribution in [0.25, 0.3) is 0 Å². The Hall–Kier alpha value is -1.16. The molecule has 3 nitrogen and oxygen atoms in total. The summed E-state index contributed by atoms with van der Waals surface area (Å²) in [5.41, 5.74) is 2.53. The van der Waals surface area contributed by atoms with Crippen molar-refractivity contribution in [3.63, 3.8) is 0 Å². The van der Waals surface area contributed by atoms with Gasteiger partial charge in [0.15, 0.2) is 5.78 Å². The highest BCUT2D eigenvalue weighted by molar-refractivity contribution is 9.10. The van der Waals surface area contributed by atoms with Crippen LogP contribution in [0, 0.1) is 0 Å². The lowest BCUT2D eigenvalue weighted by Crippen LogP contribution is -2.20. The van der Waals surface area contributed by atoms with Gasteiger partial charge in [-0.05, 0) is 30.2 Å². The molecule has 90 valence electrons. The van der Waals surface area contributed by atoms with E-state index in [9.17, 15) is 9.59 Å². The second-order valence-electron chi connectivity index (χ2n) is 4.21. The number of anilines is 1. The Morgan fingerprint density at radius 1 is 1.53 bits per heavy atom. The smallest absolute Gasteiger partial charge is 0.231 e. The van der Waals surface area contributed by atoms with Crippen LogP contribution < -0.4 is 4.90 Å². The first kappa shape index (κ1) is 12.3. The molecule has 1 aromatic carbocycles. The fourth-order valence-corrected chi connectivity index (χ4v) is 2.25. The molecule has 0 N–H and O–H groups in total. The molecule has 0 aliphatic carbocycles. The van der Waals surface area contributed by atoms with E-state index in [1.165, 1.54) is 0 Å². The maximum Gasteiger partial charge on any atom is 0.231 e. The third-order valence-corrected chi connectivity index (χ3v) is 4.15. The van der Waals surface area contributed by atoms with E-state index in [1.54, 1.807) is 18.0 Å². The zero-order valence-electron chi connectivity index (χ0n) is 9.87. The molecule has 1 aromatic rings. The van der Waals surface area contributed by atoms with Crippen LogP contribution in [0.3, 0.4) is 0 Å². The first-order valence-corrected chi connectivity index (χ1v) is 6.54. The predicted molar refractivity (Wildman–Crippen MR) is 70.9 cm³/mol. The normalized spacial score (nSPS) is 15.9. The molecule has 0 spiro atoms. The van der Waals surface area contributed by atoms with Gasteiger partial charge in [0.2, 0.25) is 5.91 Å². The number of ketones is 1. The number of alkyl halides is 1. The Kier molecular flexibility index (Phi) is 3.33. The van der Waals surface area contributed by atoms with E-state index in [0.29, 0.717) is 12.0 Å². The third-order valence-electron chi connectivity index (χ3n) is 3.08. The third kappa shape index (κ3) is 2.14. The van der Waals surface area contributed by atoms with Crippen LogP contribution in [0.1, 0.15) is 29.3 Å². The number of carbonyl (C=O) groups excluding carboxylic acids is 2. The number of fused-ring (bicyclic) bond motifs is 1. The first-order chi connectivity index (χ1) is 8.04. The van der Waals surface area contributed by atoms with E-state index in [1.807, 2.05) is 19.1 Å². The van der Waals surface area contributed by atoms with Crippen LogP contribution in [0.15, 0.2) is 18.2 Å². The molecule has 0 fully saturated rings. The highest BCUT2D eigenvalue weighted by Gasteiger charge is 2.25. The number of likely N-dealkylation sites (N-methyl/N-ethyl adjacent to an activating group) is 1. The number of hydrogen-bond acceptors (Lipinski definition) is 2. The molecule has 0 bridgehead atoms. The topological polar surface area (TPSA) is 37.4 Å². The van der Waals surface area contributed by atoms with Crippen LogP contribution in [0.5, 0.6) is 0 Å². The number of Topliss-reactive ketones (excluding diaryl/α,β-unsaturated/α-hetero) is 1. The number of rotatable bonds is 3. The molecule has 1 unspecified atom stereocenters. The van der Waals surface area contributed by atoms with E-state index >= 15 is 0 Å². The minimum Gasteiger partial charge on any atom is -0.315 e. The standard InChI is InChI=1S/C13H14BrNO2/c1-3-10(14)13(17)8-4-5-11-9(6-8)7-12(16)15(11)2/h4-6,10H,3,7H2,1-2H3. The summed E-state index contributed by atoms with van der Waals surface area (Å²) in [6.45, 7) is 1.96. The van der Waals surface area contributed by atoms with Gasteiger partial charge in [-0.3, -0.25) is 9.59 Å². The highest BCUT2D eigenvalue weighted by atomic mass is 79.9. The van der Waals surface area contributed by atoms with Crippen molar-refractivity contribution in [2.75, 3.05) is 11.9 Å². The Bertz CT molecular complexity index is 484. The number of nitrogens with zero attached hydrogens (tertiary/aromatic N) is 1. The quantitative estimate of drug-likeness (QED) is 0.635. The Labute approximate surface area is 109 Å². The van der Waals surface area contributed by atoms with Gasteiger partial charge in [0.1, 0.15) is 0 Å². The van der Waals surface area contributed by atoms with Gasteiger partial charge in [0.25, 0.3) is 0 Å². The molecular weight excluding hydrogens is 282 g/mol. The van der Waals surface area contributed by atoms with Crippen molar-refractivity contribution in [1.82, 2.24) is 0 Å². The van der Waals surface area contributed by atoms with Gasteiger partial charge in [-0.15, -0.1) is 0 Å². The number of halogens is 1. The van der Waals surface area contributed by atoms with Gasteiger partial charge in [-0.25, -0.2) is 0 Å². The number of amides is 1. The molecule has 0 saturated carbocycles. The zero-order valence-corrected chi connectivity index (χ0v) is 11.5. The lowest BCUT2D eigenvalue weighted by Gasteiger charge is -2.11. The molecule has 1 atom stereocenters. The van der Waals surface area contributed by atoms with Gasteiger partial charge in [0.05, 0.1) is 11.2 Å². The molecule has 0 saturated heterocycles. The fraction of sp³-hybridized carbons (Fsp3) is 0.385. The number of carbonyl (C=O) groups is 2. The van der Waals surface area contributed by atoms with Crippen molar-refractivity contribution < 1.29 is 9.59 Å². The van der Waals surface area contributed by atoms with Gasteiger partial charge < -0.3 is 4.90 Å². The summed E-state index contributed by atoms with van der Waals surface area (Å²) in [5.74, 6) is 0.160. The van der Waals surface area contributed by atoms with Gasteiger partial charge in [-0.2, -0.15) is 0 Å². The number of benzene rings is 1. The molecule has 1 amide bonds. The summed E-state index contributed by atoms with van der Waals surface area (Å²) in [6, 6.07) is 5.48. The maximum absolute atomic E-state index is 12.0. The Balaban J connectivity index is 2.33. The second kappa shape index (κ2) is 4.61.